The number of halogens is 2. The molecule has 1 atom stereocenters. The van der Waals surface area contributed by atoms with Crippen LogP contribution in [0.15, 0.2) is 0 Å². The lowest BCUT2D eigenvalue weighted by Gasteiger charge is -2.24. The van der Waals surface area contributed by atoms with Crippen molar-refractivity contribution in [1.82, 2.24) is 5.32 Å². The Morgan fingerprint density at radius 3 is 2.27 bits per heavy atom. The van der Waals surface area contributed by atoms with Crippen LogP contribution in [0.1, 0.15) is 45.4 Å². The topological polar surface area (TPSA) is 29.1 Å². The lowest BCUT2D eigenvalue weighted by Crippen LogP contribution is -2.41. The zero-order valence-corrected chi connectivity index (χ0v) is 10.5. The standard InChI is InChI=1S/C11H17Cl2NO/c1-10(7-11(10,12)13)9(15)14-8-5-3-2-4-6-8/h8H,2-7H2,1H3,(H,14,15). The van der Waals surface area contributed by atoms with E-state index in [0.29, 0.717) is 12.5 Å². The molecule has 2 saturated carbocycles. The summed E-state index contributed by atoms with van der Waals surface area (Å²) in [6.45, 7) is 1.84. The average molecular weight is 250 g/mol. The summed E-state index contributed by atoms with van der Waals surface area (Å²) in [5.41, 5.74) is -0.562. The summed E-state index contributed by atoms with van der Waals surface area (Å²) in [6.07, 6.45) is 6.49. The van der Waals surface area contributed by atoms with Crippen molar-refractivity contribution in [2.75, 3.05) is 0 Å². The lowest BCUT2D eigenvalue weighted by atomic mass is 9.95. The van der Waals surface area contributed by atoms with Gasteiger partial charge >= 0.3 is 0 Å². The van der Waals surface area contributed by atoms with E-state index in [0.717, 1.165) is 12.8 Å². The average Bonchev–Trinajstić information content (AvgIpc) is 2.69. The van der Waals surface area contributed by atoms with E-state index in [-0.39, 0.29) is 5.91 Å². The molecule has 0 aromatic carbocycles. The molecule has 0 spiro atoms. The number of amides is 1. The minimum atomic E-state index is -0.842. The molecule has 2 aliphatic rings. The van der Waals surface area contributed by atoms with Crippen LogP contribution in [-0.2, 0) is 4.79 Å². The van der Waals surface area contributed by atoms with E-state index < -0.39 is 9.75 Å². The molecule has 15 heavy (non-hydrogen) atoms. The van der Waals surface area contributed by atoms with Gasteiger partial charge < -0.3 is 5.32 Å². The third-order valence-electron chi connectivity index (χ3n) is 3.70. The summed E-state index contributed by atoms with van der Waals surface area (Å²) < 4.78 is -0.842. The molecule has 0 aromatic heterocycles. The van der Waals surface area contributed by atoms with E-state index in [1.165, 1.54) is 19.3 Å². The molecule has 86 valence electrons. The predicted molar refractivity (Wildman–Crippen MR) is 62.2 cm³/mol. The summed E-state index contributed by atoms with van der Waals surface area (Å²) in [4.78, 5) is 11.9. The van der Waals surface area contributed by atoms with Crippen molar-refractivity contribution in [3.8, 4) is 0 Å². The van der Waals surface area contributed by atoms with Gasteiger partial charge in [-0.2, -0.15) is 0 Å². The first-order chi connectivity index (χ1) is 6.96. The van der Waals surface area contributed by atoms with Gasteiger partial charge in [-0.3, -0.25) is 4.79 Å². The second-order valence-electron chi connectivity index (χ2n) is 5.02. The smallest absolute Gasteiger partial charge is 0.229 e. The number of rotatable bonds is 2. The largest absolute Gasteiger partial charge is 0.353 e. The van der Waals surface area contributed by atoms with Crippen LogP contribution in [0.4, 0.5) is 0 Å². The van der Waals surface area contributed by atoms with Gasteiger partial charge in [-0.25, -0.2) is 0 Å². The molecule has 2 aliphatic carbocycles. The molecular formula is C11H17Cl2NO. The summed E-state index contributed by atoms with van der Waals surface area (Å²) in [7, 11) is 0. The van der Waals surface area contributed by atoms with Crippen LogP contribution in [0.25, 0.3) is 0 Å². The molecule has 2 nitrogen and oxygen atoms in total. The highest BCUT2D eigenvalue weighted by Crippen LogP contribution is 2.63. The van der Waals surface area contributed by atoms with Gasteiger partial charge in [-0.1, -0.05) is 19.3 Å². The molecule has 0 aromatic rings. The summed E-state index contributed by atoms with van der Waals surface area (Å²) in [5.74, 6) is 0.0272. The number of carbonyl (C=O) groups excluding carboxylic acids is 1. The fraction of sp³-hybridized carbons (Fsp3) is 0.909. The van der Waals surface area contributed by atoms with Gasteiger partial charge in [0.1, 0.15) is 4.33 Å². The third-order valence-corrected chi connectivity index (χ3v) is 4.80. The van der Waals surface area contributed by atoms with Crippen molar-refractivity contribution in [3.05, 3.63) is 0 Å². The molecule has 0 saturated heterocycles. The molecular weight excluding hydrogens is 233 g/mol. The monoisotopic (exact) mass is 249 g/mol. The molecule has 0 heterocycles. The van der Waals surface area contributed by atoms with Crippen molar-refractivity contribution in [2.45, 2.75) is 55.8 Å². The zero-order chi connectivity index (χ0) is 11.1. The molecule has 0 radical (unpaired) electrons. The van der Waals surface area contributed by atoms with Gasteiger partial charge in [-0.05, 0) is 26.2 Å². The number of nitrogens with one attached hydrogen (secondary N) is 1. The van der Waals surface area contributed by atoms with Crippen molar-refractivity contribution in [3.63, 3.8) is 0 Å². The van der Waals surface area contributed by atoms with Gasteiger partial charge in [-0.15, -0.1) is 23.2 Å². The Hall–Kier alpha value is 0.0500. The first-order valence-electron chi connectivity index (χ1n) is 5.64. The Labute approximate surface area is 101 Å². The van der Waals surface area contributed by atoms with E-state index in [1.54, 1.807) is 0 Å². The fourth-order valence-electron chi connectivity index (χ4n) is 2.24. The van der Waals surface area contributed by atoms with Crippen LogP contribution in [0.5, 0.6) is 0 Å². The summed E-state index contributed by atoms with van der Waals surface area (Å²) in [5, 5.41) is 3.07. The van der Waals surface area contributed by atoms with E-state index in [4.69, 9.17) is 23.2 Å². The molecule has 2 fully saturated rings. The van der Waals surface area contributed by atoms with Crippen LogP contribution < -0.4 is 5.32 Å². The zero-order valence-electron chi connectivity index (χ0n) is 8.98. The maximum atomic E-state index is 11.9. The minimum Gasteiger partial charge on any atom is -0.353 e. The fourth-order valence-corrected chi connectivity index (χ4v) is 2.94. The molecule has 2 rings (SSSR count). The highest BCUT2D eigenvalue weighted by atomic mass is 35.5. The highest BCUT2D eigenvalue weighted by Gasteiger charge is 2.67. The molecule has 0 aliphatic heterocycles. The van der Waals surface area contributed by atoms with Crippen LogP contribution in [0, 0.1) is 5.41 Å². The number of hydrogen-bond acceptors (Lipinski definition) is 1. The maximum absolute atomic E-state index is 11.9. The van der Waals surface area contributed by atoms with Crippen LogP contribution >= 0.6 is 23.2 Å². The molecule has 0 bridgehead atoms. The Balaban J connectivity index is 1.87. The summed E-state index contributed by atoms with van der Waals surface area (Å²) >= 11 is 11.9. The third kappa shape index (κ3) is 2.12. The first kappa shape index (κ1) is 11.5. The number of carbonyl (C=O) groups is 1. The number of hydrogen-bond donors (Lipinski definition) is 1. The minimum absolute atomic E-state index is 0.0272. The second-order valence-corrected chi connectivity index (χ2v) is 6.51. The van der Waals surface area contributed by atoms with Crippen LogP contribution in [0.3, 0.4) is 0 Å². The van der Waals surface area contributed by atoms with Crippen molar-refractivity contribution >= 4 is 29.1 Å². The Kier molecular flexibility index (Phi) is 2.93. The van der Waals surface area contributed by atoms with Gasteiger partial charge in [0, 0.05) is 6.04 Å². The maximum Gasteiger partial charge on any atom is 0.229 e. The quantitative estimate of drug-likeness (QED) is 0.750. The Morgan fingerprint density at radius 1 is 1.27 bits per heavy atom. The molecule has 1 N–H and O–H groups in total. The molecule has 1 amide bonds. The van der Waals surface area contributed by atoms with Crippen LogP contribution in [0.2, 0.25) is 0 Å². The van der Waals surface area contributed by atoms with E-state index in [9.17, 15) is 4.79 Å². The van der Waals surface area contributed by atoms with E-state index in [2.05, 4.69) is 5.32 Å². The van der Waals surface area contributed by atoms with Gasteiger partial charge in [0.2, 0.25) is 5.91 Å². The molecule has 1 unspecified atom stereocenters. The van der Waals surface area contributed by atoms with E-state index in [1.807, 2.05) is 6.92 Å². The molecule has 4 heteroatoms. The summed E-state index contributed by atoms with van der Waals surface area (Å²) in [6, 6.07) is 0.341. The normalized spacial score (nSPS) is 34.9. The lowest BCUT2D eigenvalue weighted by molar-refractivity contribution is -0.126. The predicted octanol–water partition coefficient (Wildman–Crippen LogP) is 3.02. The first-order valence-corrected chi connectivity index (χ1v) is 6.40. The van der Waals surface area contributed by atoms with Gasteiger partial charge in [0.05, 0.1) is 5.41 Å². The van der Waals surface area contributed by atoms with E-state index >= 15 is 0 Å². The number of alkyl halides is 2. The SMILES string of the molecule is CC1(C(=O)NC2CCCCC2)CC1(Cl)Cl. The van der Waals surface area contributed by atoms with Crippen molar-refractivity contribution in [1.29, 1.82) is 0 Å². The highest BCUT2D eigenvalue weighted by molar-refractivity contribution is 6.53. The van der Waals surface area contributed by atoms with Crippen molar-refractivity contribution < 1.29 is 4.79 Å². The Morgan fingerprint density at radius 2 is 1.80 bits per heavy atom. The van der Waals surface area contributed by atoms with Gasteiger partial charge in [0.25, 0.3) is 0 Å². The second kappa shape index (κ2) is 3.81. The van der Waals surface area contributed by atoms with Crippen molar-refractivity contribution in [2.24, 2.45) is 5.41 Å². The van der Waals surface area contributed by atoms with Gasteiger partial charge in [0.15, 0.2) is 0 Å². The Bertz CT molecular complexity index is 274. The van der Waals surface area contributed by atoms with Crippen LogP contribution in [-0.4, -0.2) is 16.3 Å².